The van der Waals surface area contributed by atoms with Crippen LogP contribution in [-0.4, -0.2) is 11.9 Å². The number of anilines is 1. The highest BCUT2D eigenvalue weighted by atomic mass is 35.5. The SMILES string of the molecule is C=C1NC(=O)N[C@@H](c2c(F)cccc2F)[C@@H]1C(=O)Nc1ccc(C)c(Cl)c1. The van der Waals surface area contributed by atoms with Crippen LogP contribution in [0, 0.1) is 24.5 Å². The zero-order chi connectivity index (χ0) is 19.7. The number of carbonyl (C=O) groups excluding carboxylic acids is 2. The maximum Gasteiger partial charge on any atom is 0.319 e. The Hall–Kier alpha value is -2.93. The molecular formula is C19H16ClF2N3O2. The molecule has 3 N–H and O–H groups in total. The lowest BCUT2D eigenvalue weighted by molar-refractivity contribution is -0.119. The Morgan fingerprint density at radius 2 is 1.89 bits per heavy atom. The molecule has 0 aliphatic carbocycles. The quantitative estimate of drug-likeness (QED) is 0.738. The second kappa shape index (κ2) is 7.36. The fraction of sp³-hybridized carbons (Fsp3) is 0.158. The van der Waals surface area contributed by atoms with E-state index < -0.39 is 41.1 Å². The van der Waals surface area contributed by atoms with E-state index in [-0.39, 0.29) is 5.70 Å². The molecular weight excluding hydrogens is 376 g/mol. The summed E-state index contributed by atoms with van der Waals surface area (Å²) in [6, 6.07) is 6.30. The summed E-state index contributed by atoms with van der Waals surface area (Å²) in [7, 11) is 0. The Morgan fingerprint density at radius 3 is 2.52 bits per heavy atom. The first kappa shape index (κ1) is 18.8. The van der Waals surface area contributed by atoms with Crippen molar-refractivity contribution in [2.24, 2.45) is 5.92 Å². The van der Waals surface area contributed by atoms with E-state index in [1.807, 2.05) is 6.92 Å². The van der Waals surface area contributed by atoms with E-state index in [9.17, 15) is 18.4 Å². The molecule has 1 heterocycles. The monoisotopic (exact) mass is 391 g/mol. The highest BCUT2D eigenvalue weighted by Gasteiger charge is 2.40. The zero-order valence-corrected chi connectivity index (χ0v) is 15.0. The van der Waals surface area contributed by atoms with Crippen molar-refractivity contribution in [1.29, 1.82) is 0 Å². The lowest BCUT2D eigenvalue weighted by Crippen LogP contribution is -2.52. The summed E-state index contributed by atoms with van der Waals surface area (Å²) in [6.45, 7) is 5.48. The maximum absolute atomic E-state index is 14.3. The Bertz CT molecular complexity index is 928. The molecule has 1 aliphatic heterocycles. The van der Waals surface area contributed by atoms with Gasteiger partial charge in [-0.25, -0.2) is 13.6 Å². The van der Waals surface area contributed by atoms with Crippen LogP contribution in [0.15, 0.2) is 48.7 Å². The van der Waals surface area contributed by atoms with Crippen molar-refractivity contribution < 1.29 is 18.4 Å². The van der Waals surface area contributed by atoms with Crippen LogP contribution in [0.1, 0.15) is 17.2 Å². The van der Waals surface area contributed by atoms with Crippen LogP contribution >= 0.6 is 11.6 Å². The third-order valence-electron chi connectivity index (χ3n) is 4.30. The van der Waals surface area contributed by atoms with Crippen molar-refractivity contribution >= 4 is 29.2 Å². The molecule has 3 rings (SSSR count). The second-order valence-electron chi connectivity index (χ2n) is 6.17. The lowest BCUT2D eigenvalue weighted by atomic mass is 9.87. The summed E-state index contributed by atoms with van der Waals surface area (Å²) in [4.78, 5) is 24.6. The van der Waals surface area contributed by atoms with E-state index in [0.29, 0.717) is 10.7 Å². The number of rotatable bonds is 3. The van der Waals surface area contributed by atoms with Crippen LogP contribution in [0.2, 0.25) is 5.02 Å². The van der Waals surface area contributed by atoms with Gasteiger partial charge in [-0.1, -0.05) is 30.3 Å². The number of nitrogens with one attached hydrogen (secondary N) is 3. The number of benzene rings is 2. The van der Waals surface area contributed by atoms with Crippen LogP contribution in [0.25, 0.3) is 0 Å². The molecule has 0 bridgehead atoms. The van der Waals surface area contributed by atoms with Gasteiger partial charge in [-0.15, -0.1) is 0 Å². The van der Waals surface area contributed by atoms with Gasteiger partial charge in [0.1, 0.15) is 17.6 Å². The highest BCUT2D eigenvalue weighted by Crippen LogP contribution is 2.33. The summed E-state index contributed by atoms with van der Waals surface area (Å²) in [5.74, 6) is -3.48. The molecule has 1 aliphatic rings. The van der Waals surface area contributed by atoms with E-state index in [2.05, 4.69) is 22.5 Å². The van der Waals surface area contributed by atoms with E-state index in [0.717, 1.165) is 17.7 Å². The van der Waals surface area contributed by atoms with Gasteiger partial charge in [0.25, 0.3) is 0 Å². The molecule has 27 heavy (non-hydrogen) atoms. The van der Waals surface area contributed by atoms with Gasteiger partial charge in [0, 0.05) is 22.0 Å². The average Bonchev–Trinajstić information content (AvgIpc) is 2.57. The summed E-state index contributed by atoms with van der Waals surface area (Å²) in [5, 5.41) is 7.88. The van der Waals surface area contributed by atoms with Crippen molar-refractivity contribution in [3.05, 3.63) is 76.5 Å². The first-order chi connectivity index (χ1) is 12.8. The first-order valence-corrected chi connectivity index (χ1v) is 8.43. The molecule has 1 saturated heterocycles. The predicted octanol–water partition coefficient (Wildman–Crippen LogP) is 4.05. The van der Waals surface area contributed by atoms with Crippen molar-refractivity contribution in [2.75, 3.05) is 5.32 Å². The summed E-state index contributed by atoms with van der Waals surface area (Å²) in [5.41, 5.74) is 0.864. The molecule has 0 saturated carbocycles. The smallest absolute Gasteiger partial charge is 0.319 e. The van der Waals surface area contributed by atoms with E-state index in [4.69, 9.17) is 11.6 Å². The second-order valence-corrected chi connectivity index (χ2v) is 6.57. The Kier molecular flexibility index (Phi) is 5.14. The van der Waals surface area contributed by atoms with Crippen LogP contribution in [0.5, 0.6) is 0 Å². The molecule has 8 heteroatoms. The normalized spacial score (nSPS) is 19.3. The number of hydrogen-bond donors (Lipinski definition) is 3. The average molecular weight is 392 g/mol. The molecule has 2 aromatic rings. The van der Waals surface area contributed by atoms with Crippen molar-refractivity contribution in [1.82, 2.24) is 10.6 Å². The van der Waals surface area contributed by atoms with Gasteiger partial charge in [-0.05, 0) is 36.8 Å². The highest BCUT2D eigenvalue weighted by molar-refractivity contribution is 6.31. The standard InChI is InChI=1S/C19H16ClF2N3O2/c1-9-6-7-11(8-12(9)20)24-18(26)15-10(2)23-19(27)25-17(15)16-13(21)4-3-5-14(16)22/h3-8,15,17H,2H2,1H3,(H,24,26)(H2,23,25,27)/t15-,17-/m1/s1. The fourth-order valence-corrected chi connectivity index (χ4v) is 3.11. The summed E-state index contributed by atoms with van der Waals surface area (Å²) in [6.07, 6.45) is 0. The van der Waals surface area contributed by atoms with E-state index in [1.54, 1.807) is 18.2 Å². The molecule has 3 amide bonds. The van der Waals surface area contributed by atoms with Gasteiger partial charge in [0.15, 0.2) is 0 Å². The van der Waals surface area contributed by atoms with Gasteiger partial charge >= 0.3 is 6.03 Å². The first-order valence-electron chi connectivity index (χ1n) is 8.05. The van der Waals surface area contributed by atoms with Gasteiger partial charge in [-0.3, -0.25) is 4.79 Å². The van der Waals surface area contributed by atoms with Crippen LogP contribution < -0.4 is 16.0 Å². The van der Waals surface area contributed by atoms with Gasteiger partial charge < -0.3 is 16.0 Å². The number of amides is 3. The topological polar surface area (TPSA) is 70.2 Å². The predicted molar refractivity (Wildman–Crippen MR) is 98.2 cm³/mol. The van der Waals surface area contributed by atoms with E-state index >= 15 is 0 Å². The zero-order valence-electron chi connectivity index (χ0n) is 14.3. The molecule has 0 unspecified atom stereocenters. The largest absolute Gasteiger partial charge is 0.330 e. The van der Waals surface area contributed by atoms with Crippen molar-refractivity contribution in [2.45, 2.75) is 13.0 Å². The number of aryl methyl sites for hydroxylation is 1. The van der Waals surface area contributed by atoms with Gasteiger partial charge in [0.05, 0.1) is 6.04 Å². The Balaban J connectivity index is 1.96. The third-order valence-corrected chi connectivity index (χ3v) is 4.71. The maximum atomic E-state index is 14.3. The molecule has 5 nitrogen and oxygen atoms in total. The summed E-state index contributed by atoms with van der Waals surface area (Å²) < 4.78 is 28.5. The van der Waals surface area contributed by atoms with Gasteiger partial charge in [-0.2, -0.15) is 0 Å². The minimum absolute atomic E-state index is 0.0297. The molecule has 2 aromatic carbocycles. The number of urea groups is 1. The lowest BCUT2D eigenvalue weighted by Gasteiger charge is -2.34. The van der Waals surface area contributed by atoms with Crippen LogP contribution in [-0.2, 0) is 4.79 Å². The van der Waals surface area contributed by atoms with Crippen molar-refractivity contribution in [3.63, 3.8) is 0 Å². The number of hydrogen-bond acceptors (Lipinski definition) is 2. The van der Waals surface area contributed by atoms with Gasteiger partial charge in [0.2, 0.25) is 5.91 Å². The number of halogens is 3. The molecule has 1 fully saturated rings. The summed E-state index contributed by atoms with van der Waals surface area (Å²) >= 11 is 6.06. The Morgan fingerprint density at radius 1 is 1.22 bits per heavy atom. The molecule has 2 atom stereocenters. The minimum atomic E-state index is -1.26. The third kappa shape index (κ3) is 3.78. The molecule has 0 radical (unpaired) electrons. The molecule has 0 spiro atoms. The van der Waals surface area contributed by atoms with E-state index in [1.165, 1.54) is 6.07 Å². The molecule has 0 aromatic heterocycles. The molecule has 140 valence electrons. The van der Waals surface area contributed by atoms with Crippen LogP contribution in [0.3, 0.4) is 0 Å². The Labute approximate surface area is 159 Å². The number of carbonyl (C=O) groups is 2. The fourth-order valence-electron chi connectivity index (χ4n) is 2.93. The van der Waals surface area contributed by atoms with Crippen LogP contribution in [0.4, 0.5) is 19.3 Å². The van der Waals surface area contributed by atoms with Crippen molar-refractivity contribution in [3.8, 4) is 0 Å². The minimum Gasteiger partial charge on any atom is -0.330 e.